The Hall–Kier alpha value is -2.35. The van der Waals surface area contributed by atoms with E-state index in [4.69, 9.17) is 0 Å². The number of aromatic hydroxyl groups is 1. The largest absolute Gasteiger partial charge is 0.508 e. The van der Waals surface area contributed by atoms with Gasteiger partial charge in [-0.25, -0.2) is 0 Å². The normalized spacial score (nSPS) is 13.5. The zero-order chi connectivity index (χ0) is 15.6. The lowest BCUT2D eigenvalue weighted by Gasteiger charge is -2.16. The van der Waals surface area contributed by atoms with Gasteiger partial charge in [0, 0.05) is 10.6 Å². The Morgan fingerprint density at radius 3 is 2.00 bits per heavy atom. The van der Waals surface area contributed by atoms with Crippen LogP contribution in [0.5, 0.6) is 5.75 Å². The Balaban J connectivity index is 2.16. The summed E-state index contributed by atoms with van der Waals surface area (Å²) in [6, 6.07) is 22.3. The molecule has 3 aromatic rings. The summed E-state index contributed by atoms with van der Waals surface area (Å²) in [7, 11) is -3.67. The van der Waals surface area contributed by atoms with Crippen LogP contribution in [-0.4, -0.2) is 10.00 Å². The average molecular weight is 310 g/mol. The third-order valence-electron chi connectivity index (χ3n) is 3.52. The second-order valence-electron chi connectivity index (χ2n) is 4.98. The smallest absolute Gasteiger partial charge is 0.259 e. The summed E-state index contributed by atoms with van der Waals surface area (Å²) in [5.41, 5.74) is 1.48. The summed E-state index contributed by atoms with van der Waals surface area (Å²) in [5.74, 6) is 0.163. The van der Waals surface area contributed by atoms with Crippen molar-refractivity contribution in [2.24, 2.45) is 0 Å². The van der Waals surface area contributed by atoms with Gasteiger partial charge in [0.15, 0.2) is 0 Å². The van der Waals surface area contributed by atoms with E-state index in [1.54, 1.807) is 60.7 Å². The van der Waals surface area contributed by atoms with Crippen molar-refractivity contribution in [3.63, 3.8) is 0 Å². The van der Waals surface area contributed by atoms with E-state index >= 15 is 0 Å². The van der Waals surface area contributed by atoms with Gasteiger partial charge < -0.3 is 10.00 Å². The molecule has 110 valence electrons. The van der Waals surface area contributed by atoms with E-state index in [1.165, 1.54) is 0 Å². The minimum absolute atomic E-state index is 0.163. The predicted molar refractivity (Wildman–Crippen MR) is 89.1 cm³/mol. The predicted octanol–water partition coefficient (Wildman–Crippen LogP) is 3.28. The number of phenolic OH excluding ortho intramolecular Hbond substituents is 1. The maximum atomic E-state index is 13.0. The molecule has 4 heteroatoms. The van der Waals surface area contributed by atoms with Crippen molar-refractivity contribution in [3.05, 3.63) is 78.9 Å². The van der Waals surface area contributed by atoms with Crippen LogP contribution in [0.1, 0.15) is 0 Å². The molecule has 0 aliphatic rings. The zero-order valence-electron chi connectivity index (χ0n) is 11.8. The Morgan fingerprint density at radius 2 is 1.32 bits per heavy atom. The molecule has 0 saturated heterocycles. The van der Waals surface area contributed by atoms with Crippen LogP contribution in [0.4, 0.5) is 0 Å². The van der Waals surface area contributed by atoms with Gasteiger partial charge in [0.1, 0.15) is 5.75 Å². The van der Waals surface area contributed by atoms with Crippen molar-refractivity contribution in [1.82, 2.24) is 0 Å². The molecule has 3 aromatic carbocycles. The second kappa shape index (κ2) is 5.80. The van der Waals surface area contributed by atoms with E-state index in [2.05, 4.69) is 0 Å². The van der Waals surface area contributed by atoms with E-state index in [0.29, 0.717) is 16.2 Å². The van der Waals surface area contributed by atoms with Crippen molar-refractivity contribution in [2.45, 2.75) is 0 Å². The molecule has 0 aliphatic heterocycles. The molecule has 22 heavy (non-hydrogen) atoms. The number of rotatable bonds is 3. The first-order chi connectivity index (χ1) is 10.6. The van der Waals surface area contributed by atoms with Crippen LogP contribution in [0, 0.1) is 0 Å². The highest BCUT2D eigenvalue weighted by Crippen LogP contribution is 2.41. The SMILES string of the molecule is O=P(O)(c1ccccc1)c1ccccc1-c1ccc(O)cc1. The molecule has 1 unspecified atom stereocenters. The molecule has 0 fully saturated rings. The van der Waals surface area contributed by atoms with Crippen molar-refractivity contribution in [3.8, 4) is 16.9 Å². The highest BCUT2D eigenvalue weighted by molar-refractivity contribution is 7.73. The van der Waals surface area contributed by atoms with Crippen LogP contribution in [0.2, 0.25) is 0 Å². The van der Waals surface area contributed by atoms with E-state index in [9.17, 15) is 14.6 Å². The lowest BCUT2D eigenvalue weighted by Crippen LogP contribution is -2.17. The number of benzene rings is 3. The summed E-state index contributed by atoms with van der Waals surface area (Å²) in [6.07, 6.45) is 0. The summed E-state index contributed by atoms with van der Waals surface area (Å²) < 4.78 is 13.0. The van der Waals surface area contributed by atoms with Crippen LogP contribution in [0.15, 0.2) is 78.9 Å². The molecule has 3 nitrogen and oxygen atoms in total. The first-order valence-electron chi connectivity index (χ1n) is 6.86. The van der Waals surface area contributed by atoms with Crippen LogP contribution >= 0.6 is 7.37 Å². The molecular formula is C18H15O3P. The Kier molecular flexibility index (Phi) is 3.84. The highest BCUT2D eigenvalue weighted by atomic mass is 31.2. The number of phenols is 1. The fraction of sp³-hybridized carbons (Fsp3) is 0. The van der Waals surface area contributed by atoms with Gasteiger partial charge in [0.05, 0.1) is 0 Å². The summed E-state index contributed by atoms with van der Waals surface area (Å²) in [4.78, 5) is 10.7. The van der Waals surface area contributed by atoms with Crippen molar-refractivity contribution >= 4 is 18.0 Å². The lowest BCUT2D eigenvalue weighted by atomic mass is 10.1. The summed E-state index contributed by atoms with van der Waals surface area (Å²) in [6.45, 7) is 0. The van der Waals surface area contributed by atoms with Crippen molar-refractivity contribution in [1.29, 1.82) is 0 Å². The standard InChI is InChI=1S/C18H15O3P/c19-15-12-10-14(11-13-15)17-8-4-5-9-18(17)22(20,21)16-6-2-1-3-7-16/h1-13,19H,(H,20,21). The molecule has 0 aliphatic carbocycles. The number of hydrogen-bond acceptors (Lipinski definition) is 2. The fourth-order valence-electron chi connectivity index (χ4n) is 2.39. The Bertz CT molecular complexity index is 826. The lowest BCUT2D eigenvalue weighted by molar-refractivity contribution is 0.475. The molecule has 0 radical (unpaired) electrons. The maximum Gasteiger partial charge on any atom is 0.259 e. The van der Waals surface area contributed by atoms with Crippen LogP contribution in [-0.2, 0) is 4.57 Å². The van der Waals surface area contributed by atoms with Gasteiger partial charge in [-0.05, 0) is 41.5 Å². The summed E-state index contributed by atoms with van der Waals surface area (Å²) >= 11 is 0. The molecule has 0 heterocycles. The van der Waals surface area contributed by atoms with Gasteiger partial charge in [-0.1, -0.05) is 48.5 Å². The molecular weight excluding hydrogens is 295 g/mol. The number of hydrogen-bond donors (Lipinski definition) is 2. The fourth-order valence-corrected chi connectivity index (χ4v) is 4.06. The maximum absolute atomic E-state index is 13.0. The molecule has 0 bridgehead atoms. The monoisotopic (exact) mass is 310 g/mol. The van der Waals surface area contributed by atoms with Crippen molar-refractivity contribution in [2.75, 3.05) is 0 Å². The Labute approximate surface area is 129 Å². The molecule has 3 rings (SSSR count). The molecule has 0 amide bonds. The van der Waals surface area contributed by atoms with E-state index in [0.717, 1.165) is 5.56 Å². The van der Waals surface area contributed by atoms with Gasteiger partial charge in [-0.2, -0.15) is 0 Å². The van der Waals surface area contributed by atoms with Crippen LogP contribution in [0.3, 0.4) is 0 Å². The second-order valence-corrected chi connectivity index (χ2v) is 7.13. The van der Waals surface area contributed by atoms with Crippen LogP contribution < -0.4 is 10.6 Å². The quantitative estimate of drug-likeness (QED) is 0.730. The van der Waals surface area contributed by atoms with Gasteiger partial charge in [0.2, 0.25) is 0 Å². The van der Waals surface area contributed by atoms with Gasteiger partial charge in [0.25, 0.3) is 7.37 Å². The van der Waals surface area contributed by atoms with E-state index in [1.807, 2.05) is 18.2 Å². The topological polar surface area (TPSA) is 57.5 Å². The first-order valence-corrected chi connectivity index (χ1v) is 8.52. The minimum Gasteiger partial charge on any atom is -0.508 e. The van der Waals surface area contributed by atoms with Crippen molar-refractivity contribution < 1.29 is 14.6 Å². The first kappa shape index (κ1) is 14.6. The zero-order valence-corrected chi connectivity index (χ0v) is 12.6. The third-order valence-corrected chi connectivity index (χ3v) is 5.56. The summed E-state index contributed by atoms with van der Waals surface area (Å²) in [5, 5.41) is 10.2. The highest BCUT2D eigenvalue weighted by Gasteiger charge is 2.26. The van der Waals surface area contributed by atoms with Gasteiger partial charge >= 0.3 is 0 Å². The van der Waals surface area contributed by atoms with Crippen LogP contribution in [0.25, 0.3) is 11.1 Å². The van der Waals surface area contributed by atoms with Gasteiger partial charge in [-0.3, -0.25) is 4.57 Å². The molecule has 0 saturated carbocycles. The molecule has 2 N–H and O–H groups in total. The van der Waals surface area contributed by atoms with E-state index in [-0.39, 0.29) is 5.75 Å². The molecule has 0 spiro atoms. The average Bonchev–Trinajstić information content (AvgIpc) is 2.56. The van der Waals surface area contributed by atoms with E-state index < -0.39 is 7.37 Å². The third kappa shape index (κ3) is 2.69. The minimum atomic E-state index is -3.67. The molecule has 0 aromatic heterocycles. The van der Waals surface area contributed by atoms with Gasteiger partial charge in [-0.15, -0.1) is 0 Å². The molecule has 1 atom stereocenters. The Morgan fingerprint density at radius 1 is 0.727 bits per heavy atom.